The first-order valence-corrected chi connectivity index (χ1v) is 10.00. The van der Waals surface area contributed by atoms with Crippen LogP contribution in [0.1, 0.15) is 84.0 Å². The zero-order chi connectivity index (χ0) is 18.8. The monoisotopic (exact) mass is 357 g/mol. The summed E-state index contributed by atoms with van der Waals surface area (Å²) >= 11 is 0. The molecule has 148 valence electrons. The van der Waals surface area contributed by atoms with Crippen molar-refractivity contribution in [3.05, 3.63) is 0 Å². The van der Waals surface area contributed by atoms with Gasteiger partial charge in [-0.2, -0.15) is 0 Å². The molecule has 0 N–H and O–H groups in total. The molecule has 0 bridgehead atoms. The van der Waals surface area contributed by atoms with Crippen molar-refractivity contribution in [1.82, 2.24) is 4.90 Å². The van der Waals surface area contributed by atoms with Gasteiger partial charge in [0.2, 0.25) is 0 Å². The van der Waals surface area contributed by atoms with Crippen LogP contribution in [0.4, 0.5) is 0 Å². The molecule has 0 aromatic heterocycles. The van der Waals surface area contributed by atoms with E-state index in [2.05, 4.69) is 11.8 Å². The minimum absolute atomic E-state index is 0.203. The number of hydrogen-bond donors (Lipinski definition) is 0. The number of rotatable bonds is 17. The number of nitrogens with zero attached hydrogens (tertiary/aromatic N) is 1. The van der Waals surface area contributed by atoms with Crippen LogP contribution in [0, 0.1) is 0 Å². The van der Waals surface area contributed by atoms with Crippen molar-refractivity contribution in [3.8, 4) is 0 Å². The minimum atomic E-state index is -0.203. The van der Waals surface area contributed by atoms with Gasteiger partial charge in [-0.25, -0.2) is 0 Å². The van der Waals surface area contributed by atoms with Gasteiger partial charge in [0.25, 0.3) is 0 Å². The predicted octanol–water partition coefficient (Wildman–Crippen LogP) is 4.34. The van der Waals surface area contributed by atoms with Crippen LogP contribution < -0.4 is 0 Å². The maximum atomic E-state index is 11.3. The number of methoxy groups -OCH3 is 2. The smallest absolute Gasteiger partial charge is 0.306 e. The topological polar surface area (TPSA) is 55.8 Å². The largest absolute Gasteiger partial charge is 0.469 e. The van der Waals surface area contributed by atoms with Crippen molar-refractivity contribution in [2.45, 2.75) is 84.0 Å². The SMILES string of the molecule is CCCCCCCCCCCCN(CCC(=O)OC)CCC(=O)OC. The Kier molecular flexibility index (Phi) is 16.9. The average Bonchev–Trinajstić information content (AvgIpc) is 2.63. The molecular formula is C20H39NO4. The van der Waals surface area contributed by atoms with E-state index in [-0.39, 0.29) is 11.9 Å². The fourth-order valence-electron chi connectivity index (χ4n) is 2.86. The second-order valence-corrected chi connectivity index (χ2v) is 6.68. The second-order valence-electron chi connectivity index (χ2n) is 6.68. The zero-order valence-corrected chi connectivity index (χ0v) is 16.7. The molecule has 0 heterocycles. The first kappa shape index (κ1) is 23.9. The molecule has 0 saturated carbocycles. The van der Waals surface area contributed by atoms with Crippen LogP contribution in [0.25, 0.3) is 0 Å². The van der Waals surface area contributed by atoms with Crippen LogP contribution in [0.5, 0.6) is 0 Å². The quantitative estimate of drug-likeness (QED) is 0.286. The highest BCUT2D eigenvalue weighted by Gasteiger charge is 2.10. The van der Waals surface area contributed by atoms with Crippen molar-refractivity contribution in [2.24, 2.45) is 0 Å². The van der Waals surface area contributed by atoms with Gasteiger partial charge in [-0.05, 0) is 13.0 Å². The maximum absolute atomic E-state index is 11.3. The minimum Gasteiger partial charge on any atom is -0.469 e. The van der Waals surface area contributed by atoms with E-state index in [1.165, 1.54) is 72.0 Å². The van der Waals surface area contributed by atoms with E-state index in [9.17, 15) is 9.59 Å². The van der Waals surface area contributed by atoms with E-state index in [0.29, 0.717) is 25.9 Å². The van der Waals surface area contributed by atoms with E-state index < -0.39 is 0 Å². The maximum Gasteiger partial charge on any atom is 0.306 e. The highest BCUT2D eigenvalue weighted by Crippen LogP contribution is 2.11. The van der Waals surface area contributed by atoms with E-state index in [0.717, 1.165) is 13.0 Å². The van der Waals surface area contributed by atoms with Gasteiger partial charge in [-0.3, -0.25) is 9.59 Å². The summed E-state index contributed by atoms with van der Waals surface area (Å²) in [7, 11) is 2.81. The summed E-state index contributed by atoms with van der Waals surface area (Å²) in [4.78, 5) is 24.8. The summed E-state index contributed by atoms with van der Waals surface area (Å²) < 4.78 is 9.39. The molecule has 5 heteroatoms. The molecule has 0 rings (SSSR count). The standard InChI is InChI=1S/C20H39NO4/c1-4-5-6-7-8-9-10-11-12-13-16-21(17-14-19(22)24-2)18-15-20(23)25-3/h4-18H2,1-3H3. The number of hydrogen-bond acceptors (Lipinski definition) is 5. The Morgan fingerprint density at radius 1 is 0.640 bits per heavy atom. The van der Waals surface area contributed by atoms with Gasteiger partial charge in [0.05, 0.1) is 27.1 Å². The number of unbranched alkanes of at least 4 members (excludes halogenated alkanes) is 9. The number of ether oxygens (including phenoxy) is 2. The van der Waals surface area contributed by atoms with E-state index in [4.69, 9.17) is 9.47 Å². The van der Waals surface area contributed by atoms with E-state index in [1.54, 1.807) is 0 Å². The van der Waals surface area contributed by atoms with Crippen LogP contribution in [0.15, 0.2) is 0 Å². The number of esters is 2. The summed E-state index contributed by atoms with van der Waals surface area (Å²) in [5.41, 5.74) is 0. The van der Waals surface area contributed by atoms with Crippen LogP contribution in [-0.4, -0.2) is 50.7 Å². The lowest BCUT2D eigenvalue weighted by molar-refractivity contribution is -0.141. The predicted molar refractivity (Wildman–Crippen MR) is 102 cm³/mol. The summed E-state index contributed by atoms with van der Waals surface area (Å²) in [6, 6.07) is 0. The third-order valence-corrected chi connectivity index (χ3v) is 4.55. The van der Waals surface area contributed by atoms with Crippen molar-refractivity contribution in [2.75, 3.05) is 33.9 Å². The summed E-state index contributed by atoms with van der Waals surface area (Å²) in [5, 5.41) is 0. The van der Waals surface area contributed by atoms with Crippen molar-refractivity contribution in [3.63, 3.8) is 0 Å². The summed E-state index contributed by atoms with van der Waals surface area (Å²) in [5.74, 6) is -0.405. The molecule has 0 aliphatic rings. The van der Waals surface area contributed by atoms with E-state index >= 15 is 0 Å². The molecule has 0 amide bonds. The first-order chi connectivity index (χ1) is 12.1. The molecule has 0 fully saturated rings. The fraction of sp³-hybridized carbons (Fsp3) is 0.900. The molecule has 0 aromatic rings. The highest BCUT2D eigenvalue weighted by atomic mass is 16.5. The molecule has 0 atom stereocenters. The Hall–Kier alpha value is -1.10. The third kappa shape index (κ3) is 16.1. The highest BCUT2D eigenvalue weighted by molar-refractivity contribution is 5.70. The number of carbonyl (C=O) groups is 2. The first-order valence-electron chi connectivity index (χ1n) is 10.00. The van der Waals surface area contributed by atoms with Gasteiger partial charge in [0, 0.05) is 13.1 Å². The third-order valence-electron chi connectivity index (χ3n) is 4.55. The zero-order valence-electron chi connectivity index (χ0n) is 16.7. The molecular weight excluding hydrogens is 318 g/mol. The lowest BCUT2D eigenvalue weighted by Crippen LogP contribution is -2.30. The molecule has 5 nitrogen and oxygen atoms in total. The van der Waals surface area contributed by atoms with Crippen LogP contribution in [0.2, 0.25) is 0 Å². The van der Waals surface area contributed by atoms with E-state index in [1.807, 2.05) is 0 Å². The Bertz CT molecular complexity index is 314. The number of carbonyl (C=O) groups excluding carboxylic acids is 2. The van der Waals surface area contributed by atoms with Gasteiger partial charge < -0.3 is 14.4 Å². The van der Waals surface area contributed by atoms with Crippen LogP contribution in [-0.2, 0) is 19.1 Å². The Morgan fingerprint density at radius 2 is 1.04 bits per heavy atom. The van der Waals surface area contributed by atoms with Crippen molar-refractivity contribution in [1.29, 1.82) is 0 Å². The van der Waals surface area contributed by atoms with Gasteiger partial charge >= 0.3 is 11.9 Å². The Morgan fingerprint density at radius 3 is 1.44 bits per heavy atom. The average molecular weight is 358 g/mol. The molecule has 0 aliphatic carbocycles. The molecule has 25 heavy (non-hydrogen) atoms. The summed E-state index contributed by atoms with van der Waals surface area (Å²) in [6.45, 7) is 4.45. The molecule has 0 saturated heterocycles. The van der Waals surface area contributed by atoms with Gasteiger partial charge in [0.1, 0.15) is 0 Å². The Labute approximate surface area is 154 Å². The van der Waals surface area contributed by atoms with Crippen LogP contribution in [0.3, 0.4) is 0 Å². The lowest BCUT2D eigenvalue weighted by Gasteiger charge is -2.21. The Balaban J connectivity index is 3.77. The molecule has 0 radical (unpaired) electrons. The molecule has 0 spiro atoms. The lowest BCUT2D eigenvalue weighted by atomic mass is 10.1. The van der Waals surface area contributed by atoms with Gasteiger partial charge in [0.15, 0.2) is 0 Å². The summed E-state index contributed by atoms with van der Waals surface area (Å²) in [6.07, 6.45) is 13.8. The second kappa shape index (κ2) is 17.7. The normalized spacial score (nSPS) is 10.9. The van der Waals surface area contributed by atoms with Crippen LogP contribution >= 0.6 is 0 Å². The van der Waals surface area contributed by atoms with Crippen molar-refractivity contribution < 1.29 is 19.1 Å². The van der Waals surface area contributed by atoms with Crippen molar-refractivity contribution >= 4 is 11.9 Å². The molecule has 0 aromatic carbocycles. The fourth-order valence-corrected chi connectivity index (χ4v) is 2.86. The van der Waals surface area contributed by atoms with Gasteiger partial charge in [-0.15, -0.1) is 0 Å². The molecule has 0 unspecified atom stereocenters. The van der Waals surface area contributed by atoms with Gasteiger partial charge in [-0.1, -0.05) is 64.7 Å². The molecule has 0 aliphatic heterocycles.